The van der Waals surface area contributed by atoms with E-state index in [9.17, 15) is 14.0 Å². The molecule has 0 bridgehead atoms. The number of hydrogen-bond donors (Lipinski definition) is 0. The standard InChI is InChI=1S/C11H20FNO4/c1-8(12)6-13(7-9(14)16-5)10(15)17-11(2,3)4/h8H,6-7H2,1-5H3. The number of rotatable bonds is 4. The number of halogens is 1. The lowest BCUT2D eigenvalue weighted by Crippen LogP contribution is -2.42. The van der Waals surface area contributed by atoms with Crippen LogP contribution in [0.3, 0.4) is 0 Å². The molecule has 0 N–H and O–H groups in total. The van der Waals surface area contributed by atoms with Crippen LogP contribution in [0, 0.1) is 0 Å². The number of hydrogen-bond acceptors (Lipinski definition) is 4. The van der Waals surface area contributed by atoms with Gasteiger partial charge in [0.2, 0.25) is 0 Å². The second-order valence-corrected chi connectivity index (χ2v) is 4.72. The predicted octanol–water partition coefficient (Wildman–Crippen LogP) is 1.75. The maximum Gasteiger partial charge on any atom is 0.410 e. The van der Waals surface area contributed by atoms with Crippen molar-refractivity contribution in [2.24, 2.45) is 0 Å². The molecule has 5 nitrogen and oxygen atoms in total. The summed E-state index contributed by atoms with van der Waals surface area (Å²) in [6.45, 7) is 5.86. The molecule has 0 aliphatic heterocycles. The molecule has 100 valence electrons. The molecule has 17 heavy (non-hydrogen) atoms. The zero-order valence-corrected chi connectivity index (χ0v) is 10.9. The highest BCUT2D eigenvalue weighted by atomic mass is 19.1. The Bertz CT molecular complexity index is 273. The third-order valence-electron chi connectivity index (χ3n) is 1.67. The van der Waals surface area contributed by atoms with Gasteiger partial charge in [0.25, 0.3) is 0 Å². The highest BCUT2D eigenvalue weighted by Gasteiger charge is 2.25. The van der Waals surface area contributed by atoms with E-state index in [2.05, 4.69) is 4.74 Å². The Morgan fingerprint density at radius 2 is 1.88 bits per heavy atom. The van der Waals surface area contributed by atoms with Crippen LogP contribution < -0.4 is 0 Å². The molecule has 1 unspecified atom stereocenters. The Hall–Kier alpha value is -1.33. The second-order valence-electron chi connectivity index (χ2n) is 4.72. The van der Waals surface area contributed by atoms with Crippen molar-refractivity contribution in [3.05, 3.63) is 0 Å². The number of carbonyl (C=O) groups excluding carboxylic acids is 2. The van der Waals surface area contributed by atoms with E-state index in [1.54, 1.807) is 20.8 Å². The summed E-state index contributed by atoms with van der Waals surface area (Å²) < 4.78 is 22.4. The molecule has 0 aliphatic rings. The zero-order valence-electron chi connectivity index (χ0n) is 10.9. The van der Waals surface area contributed by atoms with Crippen molar-refractivity contribution in [2.75, 3.05) is 20.2 Å². The largest absolute Gasteiger partial charge is 0.468 e. The monoisotopic (exact) mass is 249 g/mol. The van der Waals surface area contributed by atoms with Crippen LogP contribution in [-0.4, -0.2) is 48.9 Å². The van der Waals surface area contributed by atoms with Gasteiger partial charge < -0.3 is 9.47 Å². The number of amides is 1. The van der Waals surface area contributed by atoms with E-state index in [0.29, 0.717) is 0 Å². The lowest BCUT2D eigenvalue weighted by Gasteiger charge is -2.27. The summed E-state index contributed by atoms with van der Waals surface area (Å²) in [5.74, 6) is -0.614. The van der Waals surface area contributed by atoms with Crippen molar-refractivity contribution < 1.29 is 23.5 Å². The van der Waals surface area contributed by atoms with Crippen molar-refractivity contribution in [2.45, 2.75) is 39.5 Å². The summed E-state index contributed by atoms with van der Waals surface area (Å²) in [6, 6.07) is 0. The van der Waals surface area contributed by atoms with Crippen LogP contribution >= 0.6 is 0 Å². The number of alkyl halides is 1. The summed E-state index contributed by atoms with van der Waals surface area (Å²) in [5.41, 5.74) is -0.689. The molecule has 0 rings (SSSR count). The van der Waals surface area contributed by atoms with Crippen LogP contribution in [0.1, 0.15) is 27.7 Å². The molecule has 0 fully saturated rings. The second kappa shape index (κ2) is 6.42. The Morgan fingerprint density at radius 3 is 2.24 bits per heavy atom. The first-order valence-electron chi connectivity index (χ1n) is 5.34. The summed E-state index contributed by atoms with van der Waals surface area (Å²) in [6.07, 6.45) is -1.97. The molecule has 0 saturated heterocycles. The van der Waals surface area contributed by atoms with E-state index in [4.69, 9.17) is 4.74 Å². The first-order valence-corrected chi connectivity index (χ1v) is 5.34. The molecule has 0 aromatic carbocycles. The molecular weight excluding hydrogens is 229 g/mol. The van der Waals surface area contributed by atoms with Gasteiger partial charge in [-0.25, -0.2) is 9.18 Å². The van der Waals surface area contributed by atoms with Crippen LogP contribution in [-0.2, 0) is 14.3 Å². The molecule has 0 aromatic rings. The van der Waals surface area contributed by atoms with Gasteiger partial charge in [-0.1, -0.05) is 0 Å². The molecule has 1 amide bonds. The number of carbonyl (C=O) groups is 2. The van der Waals surface area contributed by atoms with Crippen LogP contribution in [0.15, 0.2) is 0 Å². The molecule has 0 aliphatic carbocycles. The van der Waals surface area contributed by atoms with Crippen molar-refractivity contribution in [3.63, 3.8) is 0 Å². The van der Waals surface area contributed by atoms with E-state index in [1.807, 2.05) is 0 Å². The van der Waals surface area contributed by atoms with E-state index < -0.39 is 23.8 Å². The molecule has 0 saturated carbocycles. The molecular formula is C11H20FNO4. The Kier molecular flexibility index (Phi) is 5.91. The Balaban J connectivity index is 4.56. The van der Waals surface area contributed by atoms with Crippen molar-refractivity contribution in [1.82, 2.24) is 4.90 Å². The van der Waals surface area contributed by atoms with Crippen LogP contribution in [0.2, 0.25) is 0 Å². The SMILES string of the molecule is COC(=O)CN(CC(C)F)C(=O)OC(C)(C)C. The summed E-state index contributed by atoms with van der Waals surface area (Å²) >= 11 is 0. The smallest absolute Gasteiger partial charge is 0.410 e. The highest BCUT2D eigenvalue weighted by Crippen LogP contribution is 2.10. The van der Waals surface area contributed by atoms with E-state index in [-0.39, 0.29) is 13.1 Å². The maximum atomic E-state index is 12.9. The third kappa shape index (κ3) is 7.54. The van der Waals surface area contributed by atoms with Gasteiger partial charge in [0.1, 0.15) is 18.3 Å². The zero-order chi connectivity index (χ0) is 13.6. The van der Waals surface area contributed by atoms with E-state index in [0.717, 1.165) is 4.90 Å². The normalized spacial score (nSPS) is 12.8. The van der Waals surface area contributed by atoms with Crippen LogP contribution in [0.5, 0.6) is 0 Å². The average molecular weight is 249 g/mol. The third-order valence-corrected chi connectivity index (χ3v) is 1.67. The van der Waals surface area contributed by atoms with Crippen LogP contribution in [0.25, 0.3) is 0 Å². The molecule has 6 heteroatoms. The fourth-order valence-electron chi connectivity index (χ4n) is 1.05. The van der Waals surface area contributed by atoms with Gasteiger partial charge in [0, 0.05) is 0 Å². The number of nitrogens with zero attached hydrogens (tertiary/aromatic N) is 1. The van der Waals surface area contributed by atoms with Crippen molar-refractivity contribution in [1.29, 1.82) is 0 Å². The van der Waals surface area contributed by atoms with Crippen molar-refractivity contribution >= 4 is 12.1 Å². The minimum absolute atomic E-state index is 0.204. The van der Waals surface area contributed by atoms with Crippen molar-refractivity contribution in [3.8, 4) is 0 Å². The number of methoxy groups -OCH3 is 1. The van der Waals surface area contributed by atoms with Gasteiger partial charge in [-0.05, 0) is 27.7 Å². The average Bonchev–Trinajstić information content (AvgIpc) is 2.13. The topological polar surface area (TPSA) is 55.8 Å². The highest BCUT2D eigenvalue weighted by molar-refractivity contribution is 5.78. The van der Waals surface area contributed by atoms with Gasteiger partial charge in [-0.3, -0.25) is 9.69 Å². The molecule has 0 spiro atoms. The molecule has 0 radical (unpaired) electrons. The Morgan fingerprint density at radius 1 is 1.35 bits per heavy atom. The number of esters is 1. The minimum Gasteiger partial charge on any atom is -0.468 e. The number of ether oxygens (including phenoxy) is 2. The minimum atomic E-state index is -1.24. The van der Waals surface area contributed by atoms with E-state index in [1.165, 1.54) is 14.0 Å². The lowest BCUT2D eigenvalue weighted by atomic mass is 10.2. The molecule has 0 heterocycles. The lowest BCUT2D eigenvalue weighted by molar-refractivity contribution is -0.142. The maximum absolute atomic E-state index is 12.9. The molecule has 0 aromatic heterocycles. The van der Waals surface area contributed by atoms with Gasteiger partial charge in [0.05, 0.1) is 13.7 Å². The molecule has 1 atom stereocenters. The van der Waals surface area contributed by atoms with E-state index >= 15 is 0 Å². The van der Waals surface area contributed by atoms with Gasteiger partial charge >= 0.3 is 12.1 Å². The van der Waals surface area contributed by atoms with Gasteiger partial charge in [-0.2, -0.15) is 0 Å². The fourth-order valence-corrected chi connectivity index (χ4v) is 1.05. The quantitative estimate of drug-likeness (QED) is 0.712. The first kappa shape index (κ1) is 15.7. The van der Waals surface area contributed by atoms with Gasteiger partial charge in [0.15, 0.2) is 0 Å². The summed E-state index contributed by atoms with van der Waals surface area (Å²) in [7, 11) is 1.20. The Labute approximate surface area is 101 Å². The van der Waals surface area contributed by atoms with Gasteiger partial charge in [-0.15, -0.1) is 0 Å². The first-order chi connectivity index (χ1) is 7.65. The predicted molar refractivity (Wildman–Crippen MR) is 60.4 cm³/mol. The van der Waals surface area contributed by atoms with Crippen LogP contribution in [0.4, 0.5) is 9.18 Å². The summed E-state index contributed by atoms with van der Waals surface area (Å²) in [5, 5.41) is 0. The summed E-state index contributed by atoms with van der Waals surface area (Å²) in [4.78, 5) is 23.7. The fraction of sp³-hybridized carbons (Fsp3) is 0.818.